The second-order valence-corrected chi connectivity index (χ2v) is 13.3. The molecule has 0 aliphatic carbocycles. The molecule has 0 radical (unpaired) electrons. The van der Waals surface area contributed by atoms with Crippen LogP contribution in [0.4, 0.5) is 0 Å². The summed E-state index contributed by atoms with van der Waals surface area (Å²) < 4.78 is 0. The van der Waals surface area contributed by atoms with Crippen molar-refractivity contribution in [3.05, 3.63) is 120 Å². The van der Waals surface area contributed by atoms with Crippen LogP contribution in [0.2, 0.25) is 0 Å². The molecule has 0 atom stereocenters. The summed E-state index contributed by atoms with van der Waals surface area (Å²) in [4.78, 5) is 16.9. The van der Waals surface area contributed by atoms with Gasteiger partial charge in [0.25, 0.3) is 0 Å². The quantitative estimate of drug-likeness (QED) is 0.0825. The Morgan fingerprint density at radius 1 is 0.304 bits per heavy atom. The van der Waals surface area contributed by atoms with Crippen molar-refractivity contribution in [2.24, 2.45) is 0 Å². The number of nitrogens with one attached hydrogen (secondary N) is 2. The standard InChI is InChI=1S/C44H30N4O8/c49-21-1-5-25(37(53)17-21)41-29-9-11-31(45-29)42(26-6-2-22(50)18-38(26)54)33-13-15-35(47-33)44(28-8-4-24(52)20-40(28)56)36-16-14-34(48-36)43(32-12-10-30(41)46-32)27-7-3-23(51)19-39(27)55/h1-20,45,48-56H. The molecular weight excluding hydrogens is 713 g/mol. The van der Waals surface area contributed by atoms with Crippen molar-refractivity contribution < 1.29 is 40.9 Å². The van der Waals surface area contributed by atoms with Gasteiger partial charge in [0.2, 0.25) is 0 Å². The number of aromatic nitrogens is 4. The van der Waals surface area contributed by atoms with E-state index in [4.69, 9.17) is 9.97 Å². The number of H-pyrrole nitrogens is 2. The lowest BCUT2D eigenvalue weighted by Crippen LogP contribution is -1.90. The summed E-state index contributed by atoms with van der Waals surface area (Å²) in [6, 6.07) is 24.1. The molecule has 0 unspecified atom stereocenters. The Hall–Kier alpha value is -8.12. The van der Waals surface area contributed by atoms with Gasteiger partial charge in [0.15, 0.2) is 0 Å². The molecule has 12 heteroatoms. The van der Waals surface area contributed by atoms with E-state index in [-0.39, 0.29) is 46.0 Å². The van der Waals surface area contributed by atoms with Crippen LogP contribution in [0, 0.1) is 0 Å². The Labute approximate surface area is 316 Å². The SMILES string of the molecule is Oc1ccc(-c2c3nc(c(-c4ccc(O)cc4O)c4ccc([nH]4)c(-c4ccc(O)cc4O)c4nc(c(-c5ccc(O)cc5O)c5ccc2[nH]5)C=C4)C=C3)c(O)c1. The molecule has 0 saturated carbocycles. The minimum Gasteiger partial charge on any atom is -0.508 e. The fourth-order valence-corrected chi connectivity index (χ4v) is 7.26. The first-order valence-electron chi connectivity index (χ1n) is 17.3. The molecule has 4 aromatic carbocycles. The highest BCUT2D eigenvalue weighted by Crippen LogP contribution is 2.44. The zero-order valence-corrected chi connectivity index (χ0v) is 29.0. The lowest BCUT2D eigenvalue weighted by molar-refractivity contribution is 0.451. The zero-order chi connectivity index (χ0) is 38.8. The number of phenols is 8. The minimum absolute atomic E-state index is 0.141. The van der Waals surface area contributed by atoms with E-state index >= 15 is 0 Å². The van der Waals surface area contributed by atoms with Gasteiger partial charge >= 0.3 is 0 Å². The number of benzene rings is 4. The van der Waals surface area contributed by atoms with Crippen molar-refractivity contribution in [1.29, 1.82) is 0 Å². The number of phenolic OH excluding ortho intramolecular Hbond substituents is 8. The van der Waals surface area contributed by atoms with Crippen molar-refractivity contribution in [3.63, 3.8) is 0 Å². The lowest BCUT2D eigenvalue weighted by Gasteiger charge is -2.10. The van der Waals surface area contributed by atoms with Crippen LogP contribution in [0.25, 0.3) is 90.9 Å². The van der Waals surface area contributed by atoms with E-state index in [2.05, 4.69) is 9.97 Å². The largest absolute Gasteiger partial charge is 0.508 e. The second-order valence-electron chi connectivity index (χ2n) is 13.3. The van der Waals surface area contributed by atoms with Gasteiger partial charge in [-0.15, -0.1) is 0 Å². The Balaban J connectivity index is 1.50. The number of hydrogen-bond acceptors (Lipinski definition) is 10. The van der Waals surface area contributed by atoms with Gasteiger partial charge in [-0.1, -0.05) is 0 Å². The van der Waals surface area contributed by atoms with Gasteiger partial charge in [-0.3, -0.25) is 0 Å². The summed E-state index contributed by atoms with van der Waals surface area (Å²) in [5.41, 5.74) is 6.82. The third kappa shape index (κ3) is 5.65. The van der Waals surface area contributed by atoms with Crippen LogP contribution < -0.4 is 0 Å². The molecule has 0 spiro atoms. The molecule has 56 heavy (non-hydrogen) atoms. The maximum absolute atomic E-state index is 11.2. The van der Waals surface area contributed by atoms with E-state index in [1.165, 1.54) is 48.5 Å². The average Bonchev–Trinajstić information content (AvgIpc) is 3.99. The minimum atomic E-state index is -0.215. The maximum atomic E-state index is 11.2. The molecular formula is C44H30N4O8. The van der Waals surface area contributed by atoms with Gasteiger partial charge in [0.05, 0.1) is 22.8 Å². The van der Waals surface area contributed by atoms with Gasteiger partial charge in [-0.25, -0.2) is 9.97 Å². The summed E-state index contributed by atoms with van der Waals surface area (Å²) in [6.07, 6.45) is 7.02. The first-order valence-corrected chi connectivity index (χ1v) is 17.3. The van der Waals surface area contributed by atoms with E-state index < -0.39 is 0 Å². The van der Waals surface area contributed by atoms with Crippen LogP contribution in [-0.2, 0) is 0 Å². The normalized spacial score (nSPS) is 12.0. The number of aromatic amines is 2. The van der Waals surface area contributed by atoms with Crippen molar-refractivity contribution >= 4 is 46.4 Å². The first kappa shape index (κ1) is 33.7. The topological polar surface area (TPSA) is 219 Å². The Morgan fingerprint density at radius 2 is 0.536 bits per heavy atom. The van der Waals surface area contributed by atoms with E-state index in [9.17, 15) is 40.9 Å². The number of aromatic hydroxyl groups is 8. The van der Waals surface area contributed by atoms with Crippen LogP contribution in [0.5, 0.6) is 46.0 Å². The van der Waals surface area contributed by atoms with Crippen molar-refractivity contribution in [3.8, 4) is 90.5 Å². The maximum Gasteiger partial charge on any atom is 0.127 e. The highest BCUT2D eigenvalue weighted by Gasteiger charge is 2.22. The van der Waals surface area contributed by atoms with E-state index in [1.807, 2.05) is 0 Å². The Bertz CT molecular complexity index is 2640. The van der Waals surface area contributed by atoms with E-state index in [0.717, 1.165) is 0 Å². The number of rotatable bonds is 4. The van der Waals surface area contributed by atoms with Crippen molar-refractivity contribution in [2.75, 3.05) is 0 Å². The molecule has 2 aliphatic rings. The molecule has 2 aliphatic heterocycles. The van der Waals surface area contributed by atoms with Crippen molar-refractivity contribution in [1.82, 2.24) is 19.9 Å². The highest BCUT2D eigenvalue weighted by molar-refractivity contribution is 6.01. The van der Waals surface area contributed by atoms with Gasteiger partial charge in [-0.2, -0.15) is 0 Å². The van der Waals surface area contributed by atoms with Gasteiger partial charge in [0.1, 0.15) is 46.0 Å². The predicted molar refractivity (Wildman–Crippen MR) is 214 cm³/mol. The molecule has 0 fully saturated rings. The number of hydrogen-bond donors (Lipinski definition) is 10. The van der Waals surface area contributed by atoms with Crippen LogP contribution in [0.1, 0.15) is 22.8 Å². The third-order valence-corrected chi connectivity index (χ3v) is 9.76. The van der Waals surface area contributed by atoms with E-state index in [0.29, 0.717) is 89.4 Å². The summed E-state index contributed by atoms with van der Waals surface area (Å²) in [7, 11) is 0. The van der Waals surface area contributed by atoms with Crippen LogP contribution in [0.15, 0.2) is 97.1 Å². The molecule has 5 heterocycles. The van der Waals surface area contributed by atoms with E-state index in [1.54, 1.807) is 72.8 Å². The van der Waals surface area contributed by atoms with Crippen LogP contribution in [-0.4, -0.2) is 60.8 Å². The van der Waals surface area contributed by atoms with Crippen molar-refractivity contribution in [2.45, 2.75) is 0 Å². The molecule has 12 nitrogen and oxygen atoms in total. The fraction of sp³-hybridized carbons (Fsp3) is 0. The molecule has 8 bridgehead atoms. The summed E-state index contributed by atoms with van der Waals surface area (Å²) in [5, 5.41) is 85.5. The molecule has 0 amide bonds. The molecule has 274 valence electrons. The average molecular weight is 743 g/mol. The fourth-order valence-electron chi connectivity index (χ4n) is 7.26. The van der Waals surface area contributed by atoms with Crippen LogP contribution in [0.3, 0.4) is 0 Å². The molecule has 9 rings (SSSR count). The summed E-state index contributed by atoms with van der Waals surface area (Å²) >= 11 is 0. The van der Waals surface area contributed by atoms with Gasteiger partial charge in [0, 0.05) is 90.8 Å². The zero-order valence-electron chi connectivity index (χ0n) is 29.0. The lowest BCUT2D eigenvalue weighted by atomic mass is 10.0. The molecule has 7 aromatic rings. The van der Waals surface area contributed by atoms with Gasteiger partial charge in [-0.05, 0) is 97.1 Å². The predicted octanol–water partition coefficient (Wildman–Crippen LogP) is 8.97. The molecule has 10 N–H and O–H groups in total. The molecule has 0 saturated heterocycles. The smallest absolute Gasteiger partial charge is 0.127 e. The van der Waals surface area contributed by atoms with Crippen LogP contribution >= 0.6 is 0 Å². The third-order valence-electron chi connectivity index (χ3n) is 9.76. The Morgan fingerprint density at radius 3 is 0.750 bits per heavy atom. The van der Waals surface area contributed by atoms with Gasteiger partial charge < -0.3 is 50.8 Å². The second kappa shape index (κ2) is 12.8. The monoisotopic (exact) mass is 742 g/mol. The first-order chi connectivity index (χ1) is 27.0. The summed E-state index contributed by atoms with van der Waals surface area (Å²) in [5.74, 6) is -1.42. The highest BCUT2D eigenvalue weighted by atomic mass is 16.3. The number of nitrogens with zero attached hydrogens (tertiary/aromatic N) is 2. The summed E-state index contributed by atoms with van der Waals surface area (Å²) in [6.45, 7) is 0. The number of fused-ring (bicyclic) bond motifs is 8. The Kier molecular flexibility index (Phi) is 7.69. The molecule has 3 aromatic heterocycles.